The molecule has 0 aliphatic carbocycles. The zero-order valence-electron chi connectivity index (χ0n) is 9.77. The van der Waals surface area contributed by atoms with Gasteiger partial charge in [0.1, 0.15) is 5.75 Å². The lowest BCUT2D eigenvalue weighted by molar-refractivity contribution is 0.414. The first kappa shape index (κ1) is 11.6. The molecule has 4 heteroatoms. The summed E-state index contributed by atoms with van der Waals surface area (Å²) in [5, 5.41) is 0. The molecule has 1 aromatic rings. The van der Waals surface area contributed by atoms with Gasteiger partial charge in [-0.2, -0.15) is 0 Å². The molecule has 1 aliphatic heterocycles. The number of benzene rings is 1. The first-order valence-electron chi connectivity index (χ1n) is 5.50. The van der Waals surface area contributed by atoms with Crippen molar-refractivity contribution in [1.82, 2.24) is 0 Å². The molecule has 0 fully saturated rings. The Morgan fingerprint density at radius 1 is 1.56 bits per heavy atom. The predicted octanol–water partition coefficient (Wildman–Crippen LogP) is 1.95. The number of hydrogen-bond donors (Lipinski definition) is 1. The van der Waals surface area contributed by atoms with Gasteiger partial charge in [-0.1, -0.05) is 0 Å². The summed E-state index contributed by atoms with van der Waals surface area (Å²) in [7, 11) is 3.84. The van der Waals surface area contributed by atoms with E-state index in [4.69, 9.17) is 10.5 Å². The smallest absolute Gasteiger partial charge is 0.121 e. The van der Waals surface area contributed by atoms with E-state index in [0.717, 1.165) is 24.5 Å². The third-order valence-electron chi connectivity index (χ3n) is 3.02. The first-order valence-corrected chi connectivity index (χ1v) is 6.48. The average Bonchev–Trinajstić information content (AvgIpc) is 2.33. The fraction of sp³-hybridized carbons (Fsp3) is 0.500. The second-order valence-corrected chi connectivity index (χ2v) is 5.05. The zero-order valence-corrected chi connectivity index (χ0v) is 10.6. The highest BCUT2D eigenvalue weighted by Gasteiger charge is 2.23. The van der Waals surface area contributed by atoms with Gasteiger partial charge in [-0.15, -0.1) is 11.8 Å². The molecule has 0 saturated heterocycles. The van der Waals surface area contributed by atoms with Crippen LogP contribution in [0, 0.1) is 0 Å². The number of thioether (sulfide) groups is 1. The van der Waals surface area contributed by atoms with Gasteiger partial charge in [0.05, 0.1) is 12.8 Å². The highest BCUT2D eigenvalue weighted by molar-refractivity contribution is 7.99. The maximum Gasteiger partial charge on any atom is 0.121 e. The quantitative estimate of drug-likeness (QED) is 0.873. The number of nitrogens with zero attached hydrogens (tertiary/aromatic N) is 1. The van der Waals surface area contributed by atoms with E-state index in [9.17, 15) is 0 Å². The number of methoxy groups -OCH3 is 1. The Bertz CT molecular complexity index is 370. The van der Waals surface area contributed by atoms with Gasteiger partial charge >= 0.3 is 0 Å². The van der Waals surface area contributed by atoms with Crippen LogP contribution in [-0.4, -0.2) is 32.5 Å². The number of ether oxygens (including phenoxy) is 1. The fourth-order valence-corrected chi connectivity index (χ4v) is 3.26. The molecule has 1 aliphatic rings. The topological polar surface area (TPSA) is 38.5 Å². The summed E-state index contributed by atoms with van der Waals surface area (Å²) in [6.07, 6.45) is 1.04. The van der Waals surface area contributed by atoms with E-state index in [1.54, 1.807) is 7.11 Å². The van der Waals surface area contributed by atoms with Crippen LogP contribution in [0.3, 0.4) is 0 Å². The second kappa shape index (κ2) is 4.97. The van der Waals surface area contributed by atoms with Crippen molar-refractivity contribution in [2.24, 2.45) is 5.73 Å². The van der Waals surface area contributed by atoms with E-state index in [2.05, 4.69) is 24.1 Å². The molecule has 2 rings (SSSR count). The van der Waals surface area contributed by atoms with Gasteiger partial charge in [-0.25, -0.2) is 0 Å². The Morgan fingerprint density at radius 3 is 3.06 bits per heavy atom. The Balaban J connectivity index is 2.27. The van der Waals surface area contributed by atoms with Gasteiger partial charge < -0.3 is 15.4 Å². The summed E-state index contributed by atoms with van der Waals surface area (Å²) < 4.78 is 5.26. The van der Waals surface area contributed by atoms with Crippen molar-refractivity contribution in [2.45, 2.75) is 17.4 Å². The summed E-state index contributed by atoms with van der Waals surface area (Å²) in [5.41, 5.74) is 6.90. The lowest BCUT2D eigenvalue weighted by atomic mass is 10.1. The SMILES string of the molecule is COc1ccc2c(c1)N(C)C(CCN)CS2. The molecule has 0 saturated carbocycles. The highest BCUT2D eigenvalue weighted by atomic mass is 32.2. The Labute approximate surface area is 101 Å². The summed E-state index contributed by atoms with van der Waals surface area (Å²) in [6, 6.07) is 6.79. The lowest BCUT2D eigenvalue weighted by Gasteiger charge is -2.35. The molecule has 0 bridgehead atoms. The van der Waals surface area contributed by atoms with E-state index in [0.29, 0.717) is 6.04 Å². The van der Waals surface area contributed by atoms with Crippen molar-refractivity contribution < 1.29 is 4.74 Å². The van der Waals surface area contributed by atoms with Crippen molar-refractivity contribution in [3.63, 3.8) is 0 Å². The number of nitrogens with two attached hydrogens (primary N) is 1. The van der Waals surface area contributed by atoms with Crippen LogP contribution in [0.25, 0.3) is 0 Å². The largest absolute Gasteiger partial charge is 0.497 e. The van der Waals surface area contributed by atoms with Crippen LogP contribution in [0.2, 0.25) is 0 Å². The van der Waals surface area contributed by atoms with E-state index in [1.807, 2.05) is 17.8 Å². The summed E-state index contributed by atoms with van der Waals surface area (Å²) >= 11 is 1.91. The molecule has 0 spiro atoms. The van der Waals surface area contributed by atoms with Crippen molar-refractivity contribution in [3.8, 4) is 5.75 Å². The van der Waals surface area contributed by atoms with E-state index >= 15 is 0 Å². The molecule has 1 heterocycles. The zero-order chi connectivity index (χ0) is 11.5. The molecular weight excluding hydrogens is 220 g/mol. The molecular formula is C12H18N2OS. The van der Waals surface area contributed by atoms with E-state index < -0.39 is 0 Å². The van der Waals surface area contributed by atoms with E-state index in [-0.39, 0.29) is 0 Å². The highest BCUT2D eigenvalue weighted by Crippen LogP contribution is 2.39. The standard InChI is InChI=1S/C12H18N2OS/c1-14-9(5-6-13)8-16-12-4-3-10(15-2)7-11(12)14/h3-4,7,9H,5-6,8,13H2,1-2H3. The predicted molar refractivity (Wildman–Crippen MR) is 69.6 cm³/mol. The average molecular weight is 238 g/mol. The normalized spacial score (nSPS) is 19.4. The van der Waals surface area contributed by atoms with Crippen molar-refractivity contribution in [2.75, 3.05) is 31.4 Å². The summed E-state index contributed by atoms with van der Waals surface area (Å²) in [4.78, 5) is 3.65. The van der Waals surface area contributed by atoms with Gasteiger partial charge in [0.25, 0.3) is 0 Å². The van der Waals surface area contributed by atoms with Gasteiger partial charge in [0.2, 0.25) is 0 Å². The van der Waals surface area contributed by atoms with Gasteiger partial charge in [0, 0.05) is 29.8 Å². The fourth-order valence-electron chi connectivity index (χ4n) is 1.99. The minimum atomic E-state index is 0.537. The molecule has 16 heavy (non-hydrogen) atoms. The van der Waals surface area contributed by atoms with E-state index in [1.165, 1.54) is 10.6 Å². The summed E-state index contributed by atoms with van der Waals surface area (Å²) in [6.45, 7) is 0.745. The Morgan fingerprint density at radius 2 is 2.38 bits per heavy atom. The Hall–Kier alpha value is -0.870. The molecule has 1 aromatic carbocycles. The Kier molecular flexibility index (Phi) is 3.61. The third-order valence-corrected chi connectivity index (χ3v) is 4.23. The number of fused-ring (bicyclic) bond motifs is 1. The molecule has 3 nitrogen and oxygen atoms in total. The summed E-state index contributed by atoms with van der Waals surface area (Å²) in [5.74, 6) is 2.03. The van der Waals surface area contributed by atoms with Crippen molar-refractivity contribution in [1.29, 1.82) is 0 Å². The van der Waals surface area contributed by atoms with Crippen LogP contribution in [0.1, 0.15) is 6.42 Å². The minimum absolute atomic E-state index is 0.537. The van der Waals surface area contributed by atoms with Crippen molar-refractivity contribution in [3.05, 3.63) is 18.2 Å². The van der Waals surface area contributed by atoms with Gasteiger partial charge in [-0.05, 0) is 25.1 Å². The number of hydrogen-bond acceptors (Lipinski definition) is 4. The molecule has 2 N–H and O–H groups in total. The molecule has 1 atom stereocenters. The lowest BCUT2D eigenvalue weighted by Crippen LogP contribution is -2.38. The van der Waals surface area contributed by atoms with Crippen LogP contribution in [-0.2, 0) is 0 Å². The molecule has 88 valence electrons. The maximum absolute atomic E-state index is 5.64. The molecule has 0 aromatic heterocycles. The molecule has 0 amide bonds. The number of anilines is 1. The first-order chi connectivity index (χ1) is 7.76. The maximum atomic E-state index is 5.64. The van der Waals surface area contributed by atoms with Crippen LogP contribution >= 0.6 is 11.8 Å². The van der Waals surface area contributed by atoms with Gasteiger partial charge in [0.15, 0.2) is 0 Å². The van der Waals surface area contributed by atoms with Crippen LogP contribution in [0.5, 0.6) is 5.75 Å². The molecule has 0 radical (unpaired) electrons. The number of rotatable bonds is 3. The van der Waals surface area contributed by atoms with Crippen LogP contribution in [0.15, 0.2) is 23.1 Å². The second-order valence-electron chi connectivity index (χ2n) is 3.99. The molecule has 1 unspecified atom stereocenters. The minimum Gasteiger partial charge on any atom is -0.497 e. The van der Waals surface area contributed by atoms with Crippen LogP contribution < -0.4 is 15.4 Å². The van der Waals surface area contributed by atoms with Crippen molar-refractivity contribution >= 4 is 17.4 Å². The van der Waals surface area contributed by atoms with Crippen LogP contribution in [0.4, 0.5) is 5.69 Å². The third kappa shape index (κ3) is 2.13. The monoisotopic (exact) mass is 238 g/mol. The van der Waals surface area contributed by atoms with Gasteiger partial charge in [-0.3, -0.25) is 0 Å².